The highest BCUT2D eigenvalue weighted by Crippen LogP contribution is 2.35. The molecule has 0 radical (unpaired) electrons. The standard InChI is InChI=1S/C24H22O10/c1-31-11-4-2-10-3-5-15-18(13(10)6-11)21(28)19-14(26)7-12(8-16(19)33-15)32-24-23(30)22(29)20(27)17(9-25)34-24/h2-8,17,20,22-27,29-30H,9H2,1H3/t17-,20-,22+,23+,24-/m1/s1. The number of phenols is 1. The zero-order valence-corrected chi connectivity index (χ0v) is 17.9. The Labute approximate surface area is 191 Å². The van der Waals surface area contributed by atoms with Crippen LogP contribution >= 0.6 is 0 Å². The Morgan fingerprint density at radius 2 is 1.68 bits per heavy atom. The van der Waals surface area contributed by atoms with Gasteiger partial charge in [-0.05, 0) is 23.6 Å². The molecule has 0 amide bonds. The third kappa shape index (κ3) is 3.52. The van der Waals surface area contributed by atoms with E-state index in [0.29, 0.717) is 11.1 Å². The first-order valence-electron chi connectivity index (χ1n) is 10.5. The first-order chi connectivity index (χ1) is 16.3. The zero-order chi connectivity index (χ0) is 24.1. The summed E-state index contributed by atoms with van der Waals surface area (Å²) in [7, 11) is 1.52. The van der Waals surface area contributed by atoms with Crippen molar-refractivity contribution in [1.29, 1.82) is 0 Å². The van der Waals surface area contributed by atoms with Crippen LogP contribution in [0.3, 0.4) is 0 Å². The Balaban J connectivity index is 1.61. The smallest absolute Gasteiger partial charge is 0.229 e. The molecule has 2 heterocycles. The van der Waals surface area contributed by atoms with Crippen LogP contribution in [-0.2, 0) is 4.74 Å². The van der Waals surface area contributed by atoms with Crippen LogP contribution in [0, 0.1) is 0 Å². The van der Waals surface area contributed by atoms with E-state index in [-0.39, 0.29) is 27.7 Å². The molecule has 1 saturated heterocycles. The fraction of sp³-hybridized carbons (Fsp3) is 0.292. The van der Waals surface area contributed by atoms with Gasteiger partial charge in [0.25, 0.3) is 0 Å². The van der Waals surface area contributed by atoms with Gasteiger partial charge in [-0.3, -0.25) is 4.79 Å². The van der Waals surface area contributed by atoms with Crippen LogP contribution in [-0.4, -0.2) is 70.0 Å². The molecule has 5 atom stereocenters. The molecule has 4 aromatic rings. The number of benzene rings is 3. The summed E-state index contributed by atoms with van der Waals surface area (Å²) in [4.78, 5) is 13.4. The number of hydrogen-bond acceptors (Lipinski definition) is 10. The minimum atomic E-state index is -1.64. The van der Waals surface area contributed by atoms with Crippen molar-refractivity contribution in [3.63, 3.8) is 0 Å². The van der Waals surface area contributed by atoms with Crippen LogP contribution in [0.2, 0.25) is 0 Å². The highest BCUT2D eigenvalue weighted by atomic mass is 16.7. The lowest BCUT2D eigenvalue weighted by molar-refractivity contribution is -0.277. The van der Waals surface area contributed by atoms with Gasteiger partial charge < -0.3 is 44.2 Å². The van der Waals surface area contributed by atoms with E-state index in [1.54, 1.807) is 24.3 Å². The summed E-state index contributed by atoms with van der Waals surface area (Å²) >= 11 is 0. The average Bonchev–Trinajstić information content (AvgIpc) is 2.83. The van der Waals surface area contributed by atoms with Crippen LogP contribution < -0.4 is 14.9 Å². The highest BCUT2D eigenvalue weighted by molar-refractivity contribution is 6.09. The van der Waals surface area contributed by atoms with Gasteiger partial charge in [-0.15, -0.1) is 0 Å². The maximum Gasteiger partial charge on any atom is 0.229 e. The molecule has 178 valence electrons. The Bertz CT molecular complexity index is 1440. The second-order valence-electron chi connectivity index (χ2n) is 8.09. The number of methoxy groups -OCH3 is 1. The van der Waals surface area contributed by atoms with E-state index in [1.807, 2.05) is 6.07 Å². The second-order valence-corrected chi connectivity index (χ2v) is 8.09. The molecule has 0 saturated carbocycles. The molecule has 0 bridgehead atoms. The van der Waals surface area contributed by atoms with Gasteiger partial charge in [-0.1, -0.05) is 12.1 Å². The predicted molar refractivity (Wildman–Crippen MR) is 120 cm³/mol. The van der Waals surface area contributed by atoms with Gasteiger partial charge in [0.2, 0.25) is 11.7 Å². The third-order valence-corrected chi connectivity index (χ3v) is 6.02. The summed E-state index contributed by atoms with van der Waals surface area (Å²) < 4.78 is 22.1. The maximum absolute atomic E-state index is 13.4. The first kappa shape index (κ1) is 22.4. The van der Waals surface area contributed by atoms with E-state index in [1.165, 1.54) is 13.2 Å². The number of aromatic hydroxyl groups is 1. The minimum Gasteiger partial charge on any atom is -0.507 e. The van der Waals surface area contributed by atoms with E-state index in [2.05, 4.69) is 0 Å². The second kappa shape index (κ2) is 8.42. The molecule has 1 aliphatic heterocycles. The van der Waals surface area contributed by atoms with Crippen molar-refractivity contribution in [2.45, 2.75) is 30.7 Å². The largest absolute Gasteiger partial charge is 0.507 e. The van der Waals surface area contributed by atoms with Gasteiger partial charge in [-0.2, -0.15) is 0 Å². The van der Waals surface area contributed by atoms with Crippen molar-refractivity contribution in [2.75, 3.05) is 13.7 Å². The van der Waals surface area contributed by atoms with Crippen LogP contribution in [0.5, 0.6) is 17.2 Å². The topological polar surface area (TPSA) is 159 Å². The fourth-order valence-electron chi connectivity index (χ4n) is 4.22. The molecule has 5 N–H and O–H groups in total. The molecule has 10 nitrogen and oxygen atoms in total. The molecule has 1 aliphatic rings. The molecule has 5 rings (SSSR count). The number of rotatable bonds is 4. The Morgan fingerprint density at radius 1 is 0.912 bits per heavy atom. The minimum absolute atomic E-state index is 0.0272. The summed E-state index contributed by atoms with van der Waals surface area (Å²) in [6, 6.07) is 11.2. The number of phenolic OH excluding ortho intramolecular Hbond substituents is 1. The summed E-state index contributed by atoms with van der Waals surface area (Å²) in [5.41, 5.74) is -0.144. The van der Waals surface area contributed by atoms with Crippen molar-refractivity contribution in [1.82, 2.24) is 0 Å². The molecule has 34 heavy (non-hydrogen) atoms. The van der Waals surface area contributed by atoms with Gasteiger partial charge in [0.15, 0.2) is 0 Å². The molecule has 1 fully saturated rings. The van der Waals surface area contributed by atoms with Gasteiger partial charge in [0.05, 0.1) is 19.1 Å². The Hall–Kier alpha value is -3.41. The number of aliphatic hydroxyl groups is 4. The third-order valence-electron chi connectivity index (χ3n) is 6.02. The van der Waals surface area contributed by atoms with E-state index >= 15 is 0 Å². The summed E-state index contributed by atoms with van der Waals surface area (Å²) in [5.74, 6) is 0.110. The van der Waals surface area contributed by atoms with Crippen molar-refractivity contribution in [2.24, 2.45) is 0 Å². The SMILES string of the molecule is COc1ccc2ccc3oc4cc(O[C@@H]5O[C@H](CO)[C@@H](O)[C@H](O)[C@@H]5O)cc(O)c4c(=O)c3c2c1. The fourth-order valence-corrected chi connectivity index (χ4v) is 4.22. The van der Waals surface area contributed by atoms with E-state index in [9.17, 15) is 30.3 Å². The zero-order valence-electron chi connectivity index (χ0n) is 17.9. The molecule has 0 unspecified atom stereocenters. The number of hydrogen-bond donors (Lipinski definition) is 5. The number of fused-ring (bicyclic) bond motifs is 4. The van der Waals surface area contributed by atoms with Crippen LogP contribution in [0.15, 0.2) is 51.7 Å². The number of aliphatic hydroxyl groups excluding tert-OH is 4. The quantitative estimate of drug-likeness (QED) is 0.215. The lowest BCUT2D eigenvalue weighted by atomic mass is 9.99. The lowest BCUT2D eigenvalue weighted by Gasteiger charge is -2.39. The van der Waals surface area contributed by atoms with Crippen molar-refractivity contribution >= 4 is 32.7 Å². The monoisotopic (exact) mass is 470 g/mol. The normalized spacial score (nSPS) is 25.1. The lowest BCUT2D eigenvalue weighted by Crippen LogP contribution is -2.60. The Kier molecular flexibility index (Phi) is 5.54. The average molecular weight is 470 g/mol. The molecule has 0 spiro atoms. The number of ether oxygens (including phenoxy) is 3. The van der Waals surface area contributed by atoms with Crippen molar-refractivity contribution in [3.05, 3.63) is 52.7 Å². The summed E-state index contributed by atoms with van der Waals surface area (Å²) in [5, 5.41) is 51.7. The van der Waals surface area contributed by atoms with Gasteiger partial charge >= 0.3 is 0 Å². The van der Waals surface area contributed by atoms with Crippen molar-refractivity contribution in [3.8, 4) is 17.2 Å². The van der Waals surface area contributed by atoms with Gasteiger partial charge in [-0.25, -0.2) is 0 Å². The molecular weight excluding hydrogens is 448 g/mol. The van der Waals surface area contributed by atoms with Gasteiger partial charge in [0, 0.05) is 17.5 Å². The highest BCUT2D eigenvalue weighted by Gasteiger charge is 2.44. The molecule has 10 heteroatoms. The van der Waals surface area contributed by atoms with Gasteiger partial charge in [0.1, 0.15) is 58.2 Å². The molecule has 3 aromatic carbocycles. The molecular formula is C24H22O10. The summed E-state index contributed by atoms with van der Waals surface area (Å²) in [6.45, 7) is -0.618. The van der Waals surface area contributed by atoms with Crippen LogP contribution in [0.1, 0.15) is 0 Å². The van der Waals surface area contributed by atoms with E-state index < -0.39 is 48.5 Å². The van der Waals surface area contributed by atoms with E-state index in [4.69, 9.17) is 18.6 Å². The first-order valence-corrected chi connectivity index (χ1v) is 10.5. The van der Waals surface area contributed by atoms with Crippen LogP contribution in [0.25, 0.3) is 32.7 Å². The Morgan fingerprint density at radius 3 is 2.41 bits per heavy atom. The molecule has 0 aliphatic carbocycles. The predicted octanol–water partition coefficient (Wildman–Crippen LogP) is 0.992. The molecule has 1 aromatic heterocycles. The van der Waals surface area contributed by atoms with E-state index in [0.717, 1.165) is 11.5 Å². The van der Waals surface area contributed by atoms with Crippen molar-refractivity contribution < 1.29 is 44.2 Å². The maximum atomic E-state index is 13.4. The van der Waals surface area contributed by atoms with Crippen LogP contribution in [0.4, 0.5) is 0 Å². The summed E-state index contributed by atoms with van der Waals surface area (Å²) in [6.07, 6.45) is -7.43.